The monoisotopic (exact) mass is 71.0 g/mol. The quantitative estimate of drug-likeness (QED) is 0.279. The first-order chi connectivity index (χ1) is 1.41. The average molecular weight is 71.0 g/mol. The SMILES string of the molecule is O.O=CO.[Li]. The van der Waals surface area contributed by atoms with Gasteiger partial charge in [0, 0.05) is 18.9 Å². The topological polar surface area (TPSA) is 68.8 Å². The maximum absolute atomic E-state index is 8.36. The van der Waals surface area contributed by atoms with Gasteiger partial charge in [0.2, 0.25) is 0 Å². The molecule has 0 saturated heterocycles. The summed E-state index contributed by atoms with van der Waals surface area (Å²) in [4.78, 5) is 8.36. The standard InChI is InChI=1S/CH2O2.Li.H2O/c2-1-3;;/h1H,(H,2,3);;1H2. The summed E-state index contributed by atoms with van der Waals surface area (Å²) in [5.74, 6) is 0. The largest absolute Gasteiger partial charge is 0.483 e. The van der Waals surface area contributed by atoms with Crippen molar-refractivity contribution >= 4 is 25.3 Å². The Morgan fingerprint density at radius 1 is 1.60 bits per heavy atom. The van der Waals surface area contributed by atoms with E-state index in [2.05, 4.69) is 0 Å². The van der Waals surface area contributed by atoms with E-state index in [4.69, 9.17) is 9.90 Å². The second-order valence-corrected chi connectivity index (χ2v) is 0.105. The molecule has 0 aliphatic heterocycles. The van der Waals surface area contributed by atoms with Crippen molar-refractivity contribution in [2.45, 2.75) is 0 Å². The molecule has 0 aromatic heterocycles. The van der Waals surface area contributed by atoms with Gasteiger partial charge in [0.25, 0.3) is 6.47 Å². The minimum absolute atomic E-state index is 0. The number of hydrogen-bond donors (Lipinski definition) is 1. The summed E-state index contributed by atoms with van der Waals surface area (Å²) >= 11 is 0. The van der Waals surface area contributed by atoms with Gasteiger partial charge in [-0.2, -0.15) is 0 Å². The fourth-order valence-electron chi connectivity index (χ4n) is 0. The maximum Gasteiger partial charge on any atom is 0.290 e. The molecule has 0 aliphatic rings. The van der Waals surface area contributed by atoms with Crippen LogP contribution in [0.2, 0.25) is 0 Å². The van der Waals surface area contributed by atoms with Crippen LogP contribution in [0.4, 0.5) is 0 Å². The van der Waals surface area contributed by atoms with Crippen molar-refractivity contribution in [2.24, 2.45) is 0 Å². The van der Waals surface area contributed by atoms with Crippen LogP contribution >= 0.6 is 0 Å². The molecule has 0 saturated carbocycles. The van der Waals surface area contributed by atoms with Gasteiger partial charge in [-0.05, 0) is 0 Å². The third kappa shape index (κ3) is 22000. The summed E-state index contributed by atoms with van der Waals surface area (Å²) in [6, 6.07) is 0. The number of rotatable bonds is 0. The summed E-state index contributed by atoms with van der Waals surface area (Å²) in [5, 5.41) is 6.89. The van der Waals surface area contributed by atoms with Gasteiger partial charge in [-0.3, -0.25) is 4.79 Å². The number of carbonyl (C=O) groups is 1. The van der Waals surface area contributed by atoms with E-state index in [0.717, 1.165) is 0 Å². The zero-order valence-electron chi connectivity index (χ0n) is 2.93. The molecule has 3 N–H and O–H groups in total. The molecule has 0 aromatic rings. The van der Waals surface area contributed by atoms with Crippen LogP contribution in [0.15, 0.2) is 0 Å². The van der Waals surface area contributed by atoms with Gasteiger partial charge in [0.05, 0.1) is 0 Å². The molecule has 0 rings (SSSR count). The van der Waals surface area contributed by atoms with E-state index in [1.54, 1.807) is 0 Å². The minimum atomic E-state index is -0.250. The molecule has 0 aliphatic carbocycles. The first-order valence-corrected chi connectivity index (χ1v) is 0.494. The molecule has 0 atom stereocenters. The summed E-state index contributed by atoms with van der Waals surface area (Å²) in [6.45, 7) is -0.250. The molecule has 5 heavy (non-hydrogen) atoms. The first kappa shape index (κ1) is 19.8. The summed E-state index contributed by atoms with van der Waals surface area (Å²) in [7, 11) is 0. The Balaban J connectivity index is -0.0000000200. The molecular weight excluding hydrogens is 66.9 g/mol. The Morgan fingerprint density at radius 2 is 1.60 bits per heavy atom. The molecule has 0 amide bonds. The van der Waals surface area contributed by atoms with Crippen LogP contribution in [0.3, 0.4) is 0 Å². The summed E-state index contributed by atoms with van der Waals surface area (Å²) in [5.41, 5.74) is 0. The fraction of sp³-hybridized carbons (Fsp3) is 0. The molecule has 0 fully saturated rings. The maximum atomic E-state index is 8.36. The van der Waals surface area contributed by atoms with Crippen LogP contribution in [0.1, 0.15) is 0 Å². The Labute approximate surface area is 41.5 Å². The Hall–Kier alpha value is 0.0274. The third-order valence-corrected chi connectivity index (χ3v) is 0. The van der Waals surface area contributed by atoms with E-state index in [9.17, 15) is 0 Å². The first-order valence-electron chi connectivity index (χ1n) is 0.494. The Morgan fingerprint density at radius 3 is 1.60 bits per heavy atom. The minimum Gasteiger partial charge on any atom is -0.483 e. The average Bonchev–Trinajstić information content (AvgIpc) is 0.918. The van der Waals surface area contributed by atoms with Crippen molar-refractivity contribution in [1.29, 1.82) is 0 Å². The molecule has 0 bridgehead atoms. The Kier molecular flexibility index (Phi) is 139. The second-order valence-electron chi connectivity index (χ2n) is 0.105. The summed E-state index contributed by atoms with van der Waals surface area (Å²) in [6.07, 6.45) is 0. The summed E-state index contributed by atoms with van der Waals surface area (Å²) < 4.78 is 0. The molecular formula is CH4LiO3. The van der Waals surface area contributed by atoms with Gasteiger partial charge in [0.1, 0.15) is 0 Å². The van der Waals surface area contributed by atoms with Crippen molar-refractivity contribution in [1.82, 2.24) is 0 Å². The van der Waals surface area contributed by atoms with Crippen LogP contribution in [0.25, 0.3) is 0 Å². The molecule has 4 heteroatoms. The van der Waals surface area contributed by atoms with E-state index >= 15 is 0 Å². The third-order valence-electron chi connectivity index (χ3n) is 0. The predicted octanol–water partition coefficient (Wildman–Crippen LogP) is -1.50. The van der Waals surface area contributed by atoms with Crippen molar-refractivity contribution in [3.05, 3.63) is 0 Å². The van der Waals surface area contributed by atoms with Crippen LogP contribution in [-0.4, -0.2) is 35.9 Å². The molecule has 0 aromatic carbocycles. The number of hydrogen-bond acceptors (Lipinski definition) is 1. The second kappa shape index (κ2) is 35.0. The molecule has 27 valence electrons. The normalized spacial score (nSPS) is 2.40. The van der Waals surface area contributed by atoms with Crippen molar-refractivity contribution in [2.75, 3.05) is 0 Å². The molecule has 0 heterocycles. The van der Waals surface area contributed by atoms with Gasteiger partial charge < -0.3 is 10.6 Å². The van der Waals surface area contributed by atoms with E-state index in [-0.39, 0.29) is 30.8 Å². The van der Waals surface area contributed by atoms with E-state index in [0.29, 0.717) is 0 Å². The van der Waals surface area contributed by atoms with Crippen LogP contribution in [0.5, 0.6) is 0 Å². The van der Waals surface area contributed by atoms with Gasteiger partial charge in [-0.25, -0.2) is 0 Å². The van der Waals surface area contributed by atoms with Gasteiger partial charge >= 0.3 is 0 Å². The predicted molar refractivity (Wildman–Crippen MR) is 18.1 cm³/mol. The van der Waals surface area contributed by atoms with Crippen molar-refractivity contribution < 1.29 is 15.4 Å². The van der Waals surface area contributed by atoms with E-state index in [1.807, 2.05) is 0 Å². The fourth-order valence-corrected chi connectivity index (χ4v) is 0. The molecule has 3 nitrogen and oxygen atoms in total. The zero-order valence-corrected chi connectivity index (χ0v) is 2.93. The van der Waals surface area contributed by atoms with Gasteiger partial charge in [0.15, 0.2) is 0 Å². The molecule has 1 radical (unpaired) electrons. The van der Waals surface area contributed by atoms with Crippen LogP contribution < -0.4 is 0 Å². The van der Waals surface area contributed by atoms with Gasteiger partial charge in [-0.15, -0.1) is 0 Å². The van der Waals surface area contributed by atoms with Crippen LogP contribution in [-0.2, 0) is 4.79 Å². The van der Waals surface area contributed by atoms with Gasteiger partial charge in [-0.1, -0.05) is 0 Å². The number of carboxylic acid groups (broad SMARTS) is 1. The zero-order chi connectivity index (χ0) is 2.71. The van der Waals surface area contributed by atoms with Crippen molar-refractivity contribution in [3.8, 4) is 0 Å². The van der Waals surface area contributed by atoms with E-state index < -0.39 is 0 Å². The smallest absolute Gasteiger partial charge is 0.290 e. The molecule has 0 unspecified atom stereocenters. The van der Waals surface area contributed by atoms with E-state index in [1.165, 1.54) is 0 Å². The Bertz CT molecular complexity index is 14.4. The van der Waals surface area contributed by atoms with Crippen LogP contribution in [0, 0.1) is 0 Å². The van der Waals surface area contributed by atoms with Crippen molar-refractivity contribution in [3.63, 3.8) is 0 Å². The molecule has 0 spiro atoms.